The van der Waals surface area contributed by atoms with Gasteiger partial charge in [-0.2, -0.15) is 0 Å². The summed E-state index contributed by atoms with van der Waals surface area (Å²) in [7, 11) is 0. The highest BCUT2D eigenvalue weighted by Crippen LogP contribution is 2.16. The number of aliphatic hydroxyl groups excluding tert-OH is 1. The molecule has 1 heterocycles. The van der Waals surface area contributed by atoms with Crippen LogP contribution in [0.4, 0.5) is 8.78 Å². The number of hydrogen-bond acceptors (Lipinski definition) is 2. The monoisotopic (exact) mass is 241 g/mol. The van der Waals surface area contributed by atoms with Crippen LogP contribution in [0.25, 0.3) is 0 Å². The minimum atomic E-state index is -0.615. The number of rotatable bonds is 3. The first-order valence-electron chi connectivity index (χ1n) is 6.02. The second-order valence-corrected chi connectivity index (χ2v) is 4.56. The lowest BCUT2D eigenvalue weighted by Gasteiger charge is -2.28. The van der Waals surface area contributed by atoms with Crippen molar-refractivity contribution in [1.29, 1.82) is 0 Å². The molecule has 94 valence electrons. The minimum absolute atomic E-state index is 0.0215. The van der Waals surface area contributed by atoms with E-state index >= 15 is 0 Å². The molecule has 0 aromatic heterocycles. The van der Waals surface area contributed by atoms with Gasteiger partial charge in [-0.3, -0.25) is 0 Å². The Bertz CT molecular complexity index is 378. The summed E-state index contributed by atoms with van der Waals surface area (Å²) in [5.74, 6) is -1.17. The SMILES string of the molecule is OC(Cc1ccc(F)cc1F)C1CCCCN1. The van der Waals surface area contributed by atoms with Gasteiger partial charge in [0.1, 0.15) is 11.6 Å². The Kier molecular flexibility index (Phi) is 4.07. The molecule has 2 N–H and O–H groups in total. The van der Waals surface area contributed by atoms with E-state index in [4.69, 9.17) is 0 Å². The molecule has 1 aliphatic heterocycles. The van der Waals surface area contributed by atoms with E-state index in [-0.39, 0.29) is 12.5 Å². The maximum Gasteiger partial charge on any atom is 0.129 e. The summed E-state index contributed by atoms with van der Waals surface area (Å²) in [5, 5.41) is 13.2. The quantitative estimate of drug-likeness (QED) is 0.848. The van der Waals surface area contributed by atoms with Crippen molar-refractivity contribution < 1.29 is 13.9 Å². The lowest BCUT2D eigenvalue weighted by atomic mass is 9.95. The van der Waals surface area contributed by atoms with Crippen LogP contribution in [0, 0.1) is 11.6 Å². The molecule has 1 fully saturated rings. The van der Waals surface area contributed by atoms with Crippen molar-refractivity contribution in [2.75, 3.05) is 6.54 Å². The molecule has 2 rings (SSSR count). The van der Waals surface area contributed by atoms with Crippen LogP contribution >= 0.6 is 0 Å². The van der Waals surface area contributed by atoms with Crippen LogP contribution in [0.2, 0.25) is 0 Å². The van der Waals surface area contributed by atoms with Crippen LogP contribution in [0.15, 0.2) is 18.2 Å². The van der Waals surface area contributed by atoms with Crippen molar-refractivity contribution >= 4 is 0 Å². The highest BCUT2D eigenvalue weighted by Gasteiger charge is 2.22. The van der Waals surface area contributed by atoms with Gasteiger partial charge in [0.25, 0.3) is 0 Å². The van der Waals surface area contributed by atoms with E-state index < -0.39 is 17.7 Å². The first kappa shape index (κ1) is 12.5. The standard InChI is InChI=1S/C13H17F2NO/c14-10-5-4-9(11(15)8-10)7-13(17)12-3-1-2-6-16-12/h4-5,8,12-13,16-17H,1-3,6-7H2. The van der Waals surface area contributed by atoms with Crippen molar-refractivity contribution in [3.05, 3.63) is 35.4 Å². The molecular weight excluding hydrogens is 224 g/mol. The van der Waals surface area contributed by atoms with E-state index in [1.54, 1.807) is 0 Å². The largest absolute Gasteiger partial charge is 0.391 e. The number of halogens is 2. The molecule has 2 atom stereocenters. The van der Waals surface area contributed by atoms with Gasteiger partial charge in [0, 0.05) is 18.5 Å². The molecule has 0 spiro atoms. The molecule has 1 aromatic rings. The van der Waals surface area contributed by atoms with Crippen LogP contribution in [0.5, 0.6) is 0 Å². The average molecular weight is 241 g/mol. The molecule has 17 heavy (non-hydrogen) atoms. The lowest BCUT2D eigenvalue weighted by molar-refractivity contribution is 0.112. The molecule has 0 radical (unpaired) electrons. The third-order valence-corrected chi connectivity index (χ3v) is 3.26. The molecule has 1 aliphatic rings. The maximum absolute atomic E-state index is 13.4. The Morgan fingerprint density at radius 2 is 2.18 bits per heavy atom. The predicted octanol–water partition coefficient (Wildman–Crippen LogP) is 2.01. The van der Waals surface area contributed by atoms with Crippen molar-refractivity contribution in [2.45, 2.75) is 37.8 Å². The topological polar surface area (TPSA) is 32.3 Å². The van der Waals surface area contributed by atoms with Crippen LogP contribution in [-0.4, -0.2) is 23.8 Å². The van der Waals surface area contributed by atoms with Crippen LogP contribution in [0.3, 0.4) is 0 Å². The Balaban J connectivity index is 1.99. The van der Waals surface area contributed by atoms with Crippen LogP contribution in [0.1, 0.15) is 24.8 Å². The van der Waals surface area contributed by atoms with Crippen molar-refractivity contribution in [3.63, 3.8) is 0 Å². The summed E-state index contributed by atoms with van der Waals surface area (Å²) in [6.07, 6.45) is 2.72. The third-order valence-electron chi connectivity index (χ3n) is 3.26. The Hall–Kier alpha value is -1.00. The second-order valence-electron chi connectivity index (χ2n) is 4.56. The Labute approximate surface area is 99.7 Å². The fourth-order valence-corrected chi connectivity index (χ4v) is 2.26. The zero-order chi connectivity index (χ0) is 12.3. The molecule has 0 amide bonds. The van der Waals surface area contributed by atoms with E-state index in [1.807, 2.05) is 0 Å². The fourth-order valence-electron chi connectivity index (χ4n) is 2.26. The van der Waals surface area contributed by atoms with Gasteiger partial charge in [0.2, 0.25) is 0 Å². The number of benzene rings is 1. The third kappa shape index (κ3) is 3.23. The molecule has 1 aromatic carbocycles. The van der Waals surface area contributed by atoms with Crippen molar-refractivity contribution in [1.82, 2.24) is 5.32 Å². The van der Waals surface area contributed by atoms with E-state index in [0.717, 1.165) is 31.9 Å². The van der Waals surface area contributed by atoms with Crippen molar-refractivity contribution in [3.8, 4) is 0 Å². The average Bonchev–Trinajstić information content (AvgIpc) is 2.34. The molecule has 0 bridgehead atoms. The Morgan fingerprint density at radius 3 is 2.82 bits per heavy atom. The number of piperidine rings is 1. The van der Waals surface area contributed by atoms with Gasteiger partial charge in [0.15, 0.2) is 0 Å². The highest BCUT2D eigenvalue weighted by molar-refractivity contribution is 5.19. The molecule has 4 heteroatoms. The molecule has 0 aliphatic carbocycles. The minimum Gasteiger partial charge on any atom is -0.391 e. The van der Waals surface area contributed by atoms with Crippen LogP contribution in [-0.2, 0) is 6.42 Å². The Morgan fingerprint density at radius 1 is 1.35 bits per heavy atom. The zero-order valence-electron chi connectivity index (χ0n) is 9.63. The first-order chi connectivity index (χ1) is 8.16. The molecule has 2 nitrogen and oxygen atoms in total. The molecule has 1 saturated heterocycles. The van der Waals surface area contributed by atoms with Gasteiger partial charge in [-0.05, 0) is 31.0 Å². The fraction of sp³-hybridized carbons (Fsp3) is 0.538. The second kappa shape index (κ2) is 5.56. The van der Waals surface area contributed by atoms with E-state index in [1.165, 1.54) is 12.1 Å². The van der Waals surface area contributed by atoms with Gasteiger partial charge < -0.3 is 10.4 Å². The van der Waals surface area contributed by atoms with Crippen molar-refractivity contribution in [2.24, 2.45) is 0 Å². The summed E-state index contributed by atoms with van der Waals surface area (Å²) in [6, 6.07) is 3.50. The maximum atomic E-state index is 13.4. The van der Waals surface area contributed by atoms with Gasteiger partial charge >= 0.3 is 0 Å². The van der Waals surface area contributed by atoms with Gasteiger partial charge in [-0.1, -0.05) is 12.5 Å². The van der Waals surface area contributed by atoms with E-state index in [0.29, 0.717) is 5.56 Å². The normalized spacial score (nSPS) is 22.4. The molecule has 2 unspecified atom stereocenters. The van der Waals surface area contributed by atoms with Gasteiger partial charge in [0.05, 0.1) is 6.10 Å². The number of aliphatic hydroxyl groups is 1. The number of nitrogens with one attached hydrogen (secondary N) is 1. The van der Waals surface area contributed by atoms with Gasteiger partial charge in [-0.25, -0.2) is 8.78 Å². The van der Waals surface area contributed by atoms with E-state index in [9.17, 15) is 13.9 Å². The summed E-state index contributed by atoms with van der Waals surface area (Å²) in [6.45, 7) is 0.896. The molecule has 0 saturated carbocycles. The zero-order valence-corrected chi connectivity index (χ0v) is 9.63. The first-order valence-corrected chi connectivity index (χ1v) is 6.02. The summed E-state index contributed by atoms with van der Waals surface area (Å²) >= 11 is 0. The highest BCUT2D eigenvalue weighted by atomic mass is 19.1. The predicted molar refractivity (Wildman–Crippen MR) is 61.7 cm³/mol. The van der Waals surface area contributed by atoms with Crippen LogP contribution < -0.4 is 5.32 Å². The summed E-state index contributed by atoms with van der Waals surface area (Å²) in [4.78, 5) is 0. The summed E-state index contributed by atoms with van der Waals surface area (Å²) < 4.78 is 26.1. The summed E-state index contributed by atoms with van der Waals surface area (Å²) in [5.41, 5.74) is 0.367. The van der Waals surface area contributed by atoms with E-state index in [2.05, 4.69) is 5.32 Å². The molecular formula is C13H17F2NO. The number of hydrogen-bond donors (Lipinski definition) is 2. The van der Waals surface area contributed by atoms with Gasteiger partial charge in [-0.15, -0.1) is 0 Å². The lowest BCUT2D eigenvalue weighted by Crippen LogP contribution is -2.44. The smallest absolute Gasteiger partial charge is 0.129 e.